The summed E-state index contributed by atoms with van der Waals surface area (Å²) in [6.07, 6.45) is 1.46. The van der Waals surface area contributed by atoms with Gasteiger partial charge in [0.15, 0.2) is 11.5 Å². The Bertz CT molecular complexity index is 1090. The number of benzene rings is 3. The average molecular weight is 445 g/mol. The number of nitrogens with zero attached hydrogens (tertiary/aromatic N) is 1. The summed E-state index contributed by atoms with van der Waals surface area (Å²) in [7, 11) is 1.53. The molecule has 0 fully saturated rings. The molecule has 0 atom stereocenters. The minimum absolute atomic E-state index is 0.115. The maximum Gasteiger partial charge on any atom is 0.275 e. The van der Waals surface area contributed by atoms with Crippen molar-refractivity contribution in [1.82, 2.24) is 5.43 Å². The number of ether oxygens (including phenoxy) is 2. The number of carbonyl (C=O) groups excluding carboxylic acids is 1. The monoisotopic (exact) mass is 444 g/mol. The summed E-state index contributed by atoms with van der Waals surface area (Å²) < 4.78 is 11.2. The molecular weight excluding hydrogens is 427 g/mol. The lowest BCUT2D eigenvalue weighted by molar-refractivity contribution is 0.0952. The second kappa shape index (κ2) is 10.0. The van der Waals surface area contributed by atoms with Gasteiger partial charge < -0.3 is 14.6 Å². The van der Waals surface area contributed by atoms with Crippen molar-refractivity contribution >= 4 is 35.3 Å². The number of nitrogens with one attached hydrogen (secondary N) is 1. The number of amides is 1. The molecule has 0 radical (unpaired) electrons. The van der Waals surface area contributed by atoms with Crippen LogP contribution in [-0.2, 0) is 6.61 Å². The van der Waals surface area contributed by atoms with Crippen LogP contribution in [0.25, 0.3) is 0 Å². The lowest BCUT2D eigenvalue weighted by atomic mass is 10.2. The molecule has 0 unspecified atom stereocenters. The molecule has 0 aliphatic heterocycles. The Morgan fingerprint density at radius 1 is 1.07 bits per heavy atom. The van der Waals surface area contributed by atoms with Gasteiger partial charge in [-0.25, -0.2) is 5.43 Å². The Labute approximate surface area is 183 Å². The summed E-state index contributed by atoms with van der Waals surface area (Å²) in [5.41, 5.74) is 4.06. The van der Waals surface area contributed by atoms with E-state index in [9.17, 15) is 9.90 Å². The van der Waals surface area contributed by atoms with Gasteiger partial charge in [-0.2, -0.15) is 5.10 Å². The third-order valence-corrected chi connectivity index (χ3v) is 4.83. The Kier molecular flexibility index (Phi) is 7.17. The first-order valence-electron chi connectivity index (χ1n) is 8.84. The molecule has 154 valence electrons. The summed E-state index contributed by atoms with van der Waals surface area (Å²) in [4.78, 5) is 12.1. The van der Waals surface area contributed by atoms with Crippen molar-refractivity contribution in [1.29, 1.82) is 0 Å². The molecule has 0 saturated heterocycles. The average Bonchev–Trinajstić information content (AvgIpc) is 2.75. The van der Waals surface area contributed by atoms with Crippen LogP contribution in [0.2, 0.25) is 10.0 Å². The molecule has 1 amide bonds. The number of halogens is 2. The standard InChI is InChI=1S/C22H18Cl2N2O4/c1-29-21-11-14(12-25-26-22(28)16-4-2-3-5-19(16)27)7-9-20(21)30-13-15-6-8-17(23)18(24)10-15/h2-12,27H,13H2,1H3,(H,26,28)/b25-12-. The SMILES string of the molecule is COc1cc(/C=N\NC(=O)c2ccccc2O)ccc1OCc1ccc(Cl)c(Cl)c1. The highest BCUT2D eigenvalue weighted by atomic mass is 35.5. The molecular formula is C22H18Cl2N2O4. The van der Waals surface area contributed by atoms with Gasteiger partial charge in [-0.1, -0.05) is 41.4 Å². The fourth-order valence-corrected chi connectivity index (χ4v) is 2.89. The number of carbonyl (C=O) groups is 1. The highest BCUT2D eigenvalue weighted by molar-refractivity contribution is 6.42. The third kappa shape index (κ3) is 5.43. The molecule has 0 heterocycles. The van der Waals surface area contributed by atoms with Crippen LogP contribution in [0, 0.1) is 0 Å². The van der Waals surface area contributed by atoms with E-state index in [1.54, 1.807) is 42.5 Å². The van der Waals surface area contributed by atoms with Crippen LogP contribution < -0.4 is 14.9 Å². The predicted molar refractivity (Wildman–Crippen MR) is 117 cm³/mol. The third-order valence-electron chi connectivity index (χ3n) is 4.09. The van der Waals surface area contributed by atoms with E-state index < -0.39 is 5.91 Å². The first kappa shape index (κ1) is 21.5. The zero-order valence-electron chi connectivity index (χ0n) is 15.9. The lowest BCUT2D eigenvalue weighted by Gasteiger charge is -2.11. The second-order valence-electron chi connectivity index (χ2n) is 6.16. The number of phenols is 1. The maximum atomic E-state index is 12.1. The fraction of sp³-hybridized carbons (Fsp3) is 0.0909. The van der Waals surface area contributed by atoms with Gasteiger partial charge in [-0.15, -0.1) is 0 Å². The van der Waals surface area contributed by atoms with Gasteiger partial charge >= 0.3 is 0 Å². The Morgan fingerprint density at radius 3 is 2.60 bits per heavy atom. The first-order chi connectivity index (χ1) is 14.5. The van der Waals surface area contributed by atoms with E-state index in [1.165, 1.54) is 25.5 Å². The highest BCUT2D eigenvalue weighted by Gasteiger charge is 2.09. The van der Waals surface area contributed by atoms with Crippen molar-refractivity contribution in [3.63, 3.8) is 0 Å². The molecule has 0 aliphatic carbocycles. The van der Waals surface area contributed by atoms with Crippen molar-refractivity contribution in [2.75, 3.05) is 7.11 Å². The number of hydrogen-bond acceptors (Lipinski definition) is 5. The molecule has 3 aromatic carbocycles. The summed E-state index contributed by atoms with van der Waals surface area (Å²) >= 11 is 11.9. The van der Waals surface area contributed by atoms with Crippen LogP contribution in [0.15, 0.2) is 65.8 Å². The smallest absolute Gasteiger partial charge is 0.275 e. The molecule has 8 heteroatoms. The number of aromatic hydroxyl groups is 1. The van der Waals surface area contributed by atoms with Gasteiger partial charge in [0.1, 0.15) is 12.4 Å². The van der Waals surface area contributed by atoms with Gasteiger partial charge in [0.05, 0.1) is 28.9 Å². The van der Waals surface area contributed by atoms with E-state index in [2.05, 4.69) is 10.5 Å². The Morgan fingerprint density at radius 2 is 1.87 bits per heavy atom. The van der Waals surface area contributed by atoms with E-state index in [1.807, 2.05) is 6.07 Å². The summed E-state index contributed by atoms with van der Waals surface area (Å²) in [5.74, 6) is 0.415. The molecule has 3 rings (SSSR count). The number of methoxy groups -OCH3 is 1. The predicted octanol–water partition coefficient (Wildman–Crippen LogP) is 5.05. The first-order valence-corrected chi connectivity index (χ1v) is 9.59. The molecule has 2 N–H and O–H groups in total. The van der Waals surface area contributed by atoms with E-state index in [0.717, 1.165) is 5.56 Å². The van der Waals surface area contributed by atoms with Crippen LogP contribution in [0.3, 0.4) is 0 Å². The van der Waals surface area contributed by atoms with Crippen molar-refractivity contribution in [3.05, 3.63) is 87.4 Å². The van der Waals surface area contributed by atoms with Crippen molar-refractivity contribution in [2.24, 2.45) is 5.10 Å². The largest absolute Gasteiger partial charge is 0.507 e. The minimum Gasteiger partial charge on any atom is -0.507 e. The minimum atomic E-state index is -0.516. The number of hydrogen-bond donors (Lipinski definition) is 2. The fourth-order valence-electron chi connectivity index (χ4n) is 2.57. The van der Waals surface area contributed by atoms with Crippen LogP contribution in [0.4, 0.5) is 0 Å². The van der Waals surface area contributed by atoms with Gasteiger partial charge in [0, 0.05) is 0 Å². The van der Waals surface area contributed by atoms with Gasteiger partial charge in [0.25, 0.3) is 5.91 Å². The van der Waals surface area contributed by atoms with Crippen LogP contribution in [0.1, 0.15) is 21.5 Å². The van der Waals surface area contributed by atoms with E-state index in [-0.39, 0.29) is 17.9 Å². The Hall–Kier alpha value is -3.22. The lowest BCUT2D eigenvalue weighted by Crippen LogP contribution is -2.17. The normalized spacial score (nSPS) is 10.8. The maximum absolute atomic E-state index is 12.1. The number of phenolic OH excluding ortho intramolecular Hbond substituents is 1. The van der Waals surface area contributed by atoms with Crippen molar-refractivity contribution in [2.45, 2.75) is 6.61 Å². The van der Waals surface area contributed by atoms with Crippen LogP contribution >= 0.6 is 23.2 Å². The van der Waals surface area contributed by atoms with Crippen LogP contribution in [0.5, 0.6) is 17.2 Å². The summed E-state index contributed by atoms with van der Waals surface area (Å²) in [6, 6.07) is 16.7. The topological polar surface area (TPSA) is 80.2 Å². The molecule has 0 saturated carbocycles. The summed E-state index contributed by atoms with van der Waals surface area (Å²) in [6.45, 7) is 0.289. The quantitative estimate of drug-likeness (QED) is 0.394. The molecule has 0 aliphatic rings. The molecule has 0 bridgehead atoms. The Balaban J connectivity index is 1.64. The molecule has 6 nitrogen and oxygen atoms in total. The van der Waals surface area contributed by atoms with Gasteiger partial charge in [-0.05, 0) is 53.6 Å². The van der Waals surface area contributed by atoms with Crippen LogP contribution in [-0.4, -0.2) is 24.3 Å². The number of para-hydroxylation sites is 1. The molecule has 3 aromatic rings. The summed E-state index contributed by atoms with van der Waals surface area (Å²) in [5, 5.41) is 14.6. The number of rotatable bonds is 7. The molecule has 0 aromatic heterocycles. The molecule has 30 heavy (non-hydrogen) atoms. The van der Waals surface area contributed by atoms with E-state index in [4.69, 9.17) is 32.7 Å². The van der Waals surface area contributed by atoms with E-state index >= 15 is 0 Å². The number of hydrazone groups is 1. The second-order valence-corrected chi connectivity index (χ2v) is 6.98. The highest BCUT2D eigenvalue weighted by Crippen LogP contribution is 2.29. The van der Waals surface area contributed by atoms with Gasteiger partial charge in [-0.3, -0.25) is 4.79 Å². The molecule has 0 spiro atoms. The van der Waals surface area contributed by atoms with E-state index in [0.29, 0.717) is 27.1 Å². The zero-order chi connectivity index (χ0) is 21.5. The van der Waals surface area contributed by atoms with Crippen molar-refractivity contribution in [3.8, 4) is 17.2 Å². The zero-order valence-corrected chi connectivity index (χ0v) is 17.4. The van der Waals surface area contributed by atoms with Crippen molar-refractivity contribution < 1.29 is 19.4 Å². The van der Waals surface area contributed by atoms with Gasteiger partial charge in [0.2, 0.25) is 0 Å².